The third-order valence-electron chi connectivity index (χ3n) is 7.63. The lowest BCUT2D eigenvalue weighted by atomic mass is 9.94. The van der Waals surface area contributed by atoms with Gasteiger partial charge in [0, 0.05) is 23.7 Å². The number of nitrogens with zero attached hydrogens (tertiary/aromatic N) is 6. The van der Waals surface area contributed by atoms with Crippen LogP contribution in [0.4, 0.5) is 51.1 Å². The Balaban J connectivity index is 1.66. The van der Waals surface area contributed by atoms with E-state index in [1.807, 2.05) is 0 Å². The van der Waals surface area contributed by atoms with Crippen LogP contribution < -0.4 is 9.80 Å². The molecule has 0 spiro atoms. The molecule has 0 bridgehead atoms. The number of carboxylic acid groups (broad SMARTS) is 1. The molecular weight excluding hydrogens is 667 g/mol. The molecule has 2 aromatic heterocycles. The van der Waals surface area contributed by atoms with E-state index in [9.17, 15) is 49.4 Å². The van der Waals surface area contributed by atoms with Gasteiger partial charge in [0.25, 0.3) is 5.95 Å². The van der Waals surface area contributed by atoms with Crippen molar-refractivity contribution in [1.82, 2.24) is 20.2 Å². The second-order valence-corrected chi connectivity index (χ2v) is 12.2. The molecule has 1 N–H and O–H groups in total. The van der Waals surface area contributed by atoms with Crippen molar-refractivity contribution in [1.29, 1.82) is 0 Å². The van der Waals surface area contributed by atoms with E-state index in [-0.39, 0.29) is 53.2 Å². The molecule has 2 aromatic carbocycles. The Hall–Kier alpha value is -4.35. The number of rotatable bonds is 7. The van der Waals surface area contributed by atoms with Gasteiger partial charge in [0.05, 0.1) is 36.3 Å². The van der Waals surface area contributed by atoms with Crippen molar-refractivity contribution in [2.45, 2.75) is 57.4 Å². The smallest absolute Gasteiger partial charge is 0.416 e. The zero-order chi connectivity index (χ0) is 34.5. The summed E-state index contributed by atoms with van der Waals surface area (Å²) in [6.45, 7) is 0.925. The van der Waals surface area contributed by atoms with Crippen molar-refractivity contribution in [2.75, 3.05) is 16.3 Å². The van der Waals surface area contributed by atoms with Crippen LogP contribution in [0.3, 0.4) is 0 Å². The normalized spacial score (nSPS) is 15.8. The minimum atomic E-state index is -5.10. The highest BCUT2D eigenvalue weighted by Crippen LogP contribution is 2.45. The van der Waals surface area contributed by atoms with Gasteiger partial charge in [0.2, 0.25) is 0 Å². The fourth-order valence-electron chi connectivity index (χ4n) is 5.59. The number of carbonyl (C=O) groups is 1. The van der Waals surface area contributed by atoms with Gasteiger partial charge in [-0.3, -0.25) is 0 Å². The Bertz CT molecular complexity index is 1750. The molecule has 0 saturated carbocycles. The van der Waals surface area contributed by atoms with Gasteiger partial charge >= 0.3 is 24.5 Å². The molecule has 1 aliphatic rings. The number of benzene rings is 2. The van der Waals surface area contributed by atoms with Gasteiger partial charge in [-0.05, 0) is 78.1 Å². The third kappa shape index (κ3) is 7.47. The number of alkyl halides is 9. The van der Waals surface area contributed by atoms with Crippen LogP contribution in [-0.2, 0) is 38.7 Å². The van der Waals surface area contributed by atoms with E-state index >= 15 is 0 Å². The van der Waals surface area contributed by atoms with Crippen molar-refractivity contribution in [3.8, 4) is 0 Å². The molecule has 0 fully saturated rings. The molecule has 3 heterocycles. The summed E-state index contributed by atoms with van der Waals surface area (Å²) in [5.74, 6) is -1.33. The number of carboxylic acids is 1. The van der Waals surface area contributed by atoms with Crippen LogP contribution >= 0.6 is 11.3 Å². The first-order valence-electron chi connectivity index (χ1n) is 13.9. The van der Waals surface area contributed by atoms with Crippen LogP contribution in [0.2, 0.25) is 0 Å². The molecule has 47 heavy (non-hydrogen) atoms. The lowest BCUT2D eigenvalue weighted by Crippen LogP contribution is -2.30. The number of fused-ring (bicyclic) bond motifs is 1. The standard InChI is InChI=1S/C29H25F9N6O2S/c1-15-8-20-22(4-3-7-43(23(20)12-21(15)29(36,37)38)14-19-5-6-24(47-19)25(45)46)44(26-39-41-42(2)40-26)13-16-9-17(27(30,31)32)11-18(10-16)28(33,34)35/h5-6,8-12,22H,3-4,7,13-14H2,1-2H3,(H,45,46)/t22-/m0/s1. The van der Waals surface area contributed by atoms with Gasteiger partial charge in [0.1, 0.15) is 4.88 Å². The molecule has 5 rings (SSSR count). The van der Waals surface area contributed by atoms with Crippen molar-refractivity contribution in [3.63, 3.8) is 0 Å². The van der Waals surface area contributed by atoms with E-state index in [0.29, 0.717) is 29.0 Å². The summed E-state index contributed by atoms with van der Waals surface area (Å²) >= 11 is 0.955. The second-order valence-electron chi connectivity index (χ2n) is 11.0. The fourth-order valence-corrected chi connectivity index (χ4v) is 6.45. The van der Waals surface area contributed by atoms with E-state index in [2.05, 4.69) is 15.4 Å². The molecule has 4 aromatic rings. The highest BCUT2D eigenvalue weighted by atomic mass is 32.1. The van der Waals surface area contributed by atoms with Crippen molar-refractivity contribution >= 4 is 28.9 Å². The molecule has 8 nitrogen and oxygen atoms in total. The summed E-state index contributed by atoms with van der Waals surface area (Å²) in [5, 5.41) is 21.2. The number of tetrazole rings is 1. The van der Waals surface area contributed by atoms with E-state index in [1.165, 1.54) is 31.0 Å². The first-order valence-corrected chi connectivity index (χ1v) is 14.7. The van der Waals surface area contributed by atoms with Crippen molar-refractivity contribution in [3.05, 3.63) is 85.6 Å². The Kier molecular flexibility index (Phi) is 8.93. The van der Waals surface area contributed by atoms with Gasteiger partial charge in [-0.25, -0.2) is 4.79 Å². The summed E-state index contributed by atoms with van der Waals surface area (Å²) in [7, 11) is 1.40. The maximum absolute atomic E-state index is 14.1. The minimum absolute atomic E-state index is 0.00953. The maximum Gasteiger partial charge on any atom is 0.416 e. The van der Waals surface area contributed by atoms with Crippen LogP contribution in [0.1, 0.15) is 66.8 Å². The van der Waals surface area contributed by atoms with Gasteiger partial charge in [0.15, 0.2) is 0 Å². The molecule has 0 radical (unpaired) electrons. The van der Waals surface area contributed by atoms with Gasteiger partial charge < -0.3 is 14.9 Å². The zero-order valence-corrected chi connectivity index (χ0v) is 25.3. The molecule has 0 aliphatic carbocycles. The van der Waals surface area contributed by atoms with Crippen LogP contribution in [0.15, 0.2) is 42.5 Å². The molecule has 18 heteroatoms. The number of thiophene rings is 1. The van der Waals surface area contributed by atoms with Crippen LogP contribution in [-0.4, -0.2) is 37.8 Å². The number of aromatic carboxylic acids is 1. The number of anilines is 2. The lowest BCUT2D eigenvalue weighted by Gasteiger charge is -2.33. The van der Waals surface area contributed by atoms with Crippen molar-refractivity contribution < 1.29 is 49.4 Å². The number of halogens is 9. The largest absolute Gasteiger partial charge is 0.477 e. The van der Waals surface area contributed by atoms with Crippen molar-refractivity contribution in [2.24, 2.45) is 7.05 Å². The van der Waals surface area contributed by atoms with Crippen LogP contribution in [0.5, 0.6) is 0 Å². The number of aromatic nitrogens is 4. The zero-order valence-electron chi connectivity index (χ0n) is 24.5. The van der Waals surface area contributed by atoms with Crippen LogP contribution in [0, 0.1) is 6.92 Å². The lowest BCUT2D eigenvalue weighted by molar-refractivity contribution is -0.143. The quantitative estimate of drug-likeness (QED) is 0.197. The molecular formula is C29H25F9N6O2S. The monoisotopic (exact) mass is 692 g/mol. The van der Waals surface area contributed by atoms with E-state index in [4.69, 9.17) is 0 Å². The van der Waals surface area contributed by atoms with E-state index < -0.39 is 53.8 Å². The highest BCUT2D eigenvalue weighted by Gasteiger charge is 2.39. The summed E-state index contributed by atoms with van der Waals surface area (Å²) < 4.78 is 125. The summed E-state index contributed by atoms with van der Waals surface area (Å²) in [5.41, 5.74) is -4.10. The summed E-state index contributed by atoms with van der Waals surface area (Å²) in [6, 6.07) is 5.45. The molecule has 1 atom stereocenters. The topological polar surface area (TPSA) is 87.4 Å². The molecule has 1 aliphatic heterocycles. The Morgan fingerprint density at radius 2 is 1.64 bits per heavy atom. The SMILES string of the molecule is Cc1cc2c(cc1C(F)(F)F)N(Cc1ccc(C(=O)O)s1)CCC[C@@H]2N(Cc1cc(C(F)(F)F)cc(C(F)(F)F)c1)c1nnn(C)n1. The van der Waals surface area contributed by atoms with Gasteiger partial charge in [-0.1, -0.05) is 11.2 Å². The Labute approximate surface area is 265 Å². The Morgan fingerprint density at radius 1 is 0.979 bits per heavy atom. The van der Waals surface area contributed by atoms with Crippen LogP contribution in [0.25, 0.3) is 0 Å². The number of hydrogen-bond acceptors (Lipinski definition) is 7. The van der Waals surface area contributed by atoms with Gasteiger partial charge in [-0.15, -0.1) is 16.4 Å². The minimum Gasteiger partial charge on any atom is -0.477 e. The van der Waals surface area contributed by atoms with E-state index in [0.717, 1.165) is 22.2 Å². The van der Waals surface area contributed by atoms with E-state index in [1.54, 1.807) is 11.0 Å². The maximum atomic E-state index is 14.1. The second kappa shape index (κ2) is 12.4. The average Bonchev–Trinajstić information content (AvgIpc) is 3.57. The number of aryl methyl sites for hydroxylation is 2. The predicted molar refractivity (Wildman–Crippen MR) is 152 cm³/mol. The van der Waals surface area contributed by atoms with Gasteiger partial charge in [-0.2, -0.15) is 44.3 Å². The average molecular weight is 693 g/mol. The third-order valence-corrected chi connectivity index (χ3v) is 8.69. The predicted octanol–water partition coefficient (Wildman–Crippen LogP) is 7.88. The Morgan fingerprint density at radius 3 is 2.17 bits per heavy atom. The fraction of sp³-hybridized carbons (Fsp3) is 0.379. The molecule has 0 saturated heterocycles. The molecule has 252 valence electrons. The summed E-state index contributed by atoms with van der Waals surface area (Å²) in [6.07, 6.45) is -14.4. The molecule has 0 amide bonds. The summed E-state index contributed by atoms with van der Waals surface area (Å²) in [4.78, 5) is 16.0. The molecule has 0 unspecified atom stereocenters. The first kappa shape index (κ1) is 34.0. The number of hydrogen-bond donors (Lipinski definition) is 1. The highest BCUT2D eigenvalue weighted by molar-refractivity contribution is 7.13. The first-order chi connectivity index (χ1) is 21.8.